The molecular formula is C27H28F2N2O7S. The normalized spacial score (nSPS) is 17.5. The van der Waals surface area contributed by atoms with Gasteiger partial charge in [0.1, 0.15) is 17.9 Å². The zero-order valence-corrected chi connectivity index (χ0v) is 22.2. The molecule has 0 saturated carbocycles. The van der Waals surface area contributed by atoms with Crippen LogP contribution in [0.2, 0.25) is 0 Å². The van der Waals surface area contributed by atoms with Crippen LogP contribution in [0, 0.1) is 11.6 Å². The lowest BCUT2D eigenvalue weighted by Gasteiger charge is -2.28. The topological polar surface area (TPSA) is 121 Å². The first kappa shape index (κ1) is 28.5. The average Bonchev–Trinajstić information content (AvgIpc) is 2.92. The number of hydroxylamine groups is 1. The smallest absolute Gasteiger partial charge is 0.264 e. The highest BCUT2D eigenvalue weighted by Crippen LogP contribution is 2.28. The molecule has 1 aliphatic rings. The van der Waals surface area contributed by atoms with Gasteiger partial charge in [0.25, 0.3) is 11.5 Å². The van der Waals surface area contributed by atoms with Crippen LogP contribution in [0.1, 0.15) is 43.0 Å². The number of pyridine rings is 1. The van der Waals surface area contributed by atoms with Gasteiger partial charge in [0.2, 0.25) is 0 Å². The minimum Gasteiger partial charge on any atom is -0.350 e. The van der Waals surface area contributed by atoms with Crippen LogP contribution in [0.4, 0.5) is 8.78 Å². The molecule has 1 N–H and O–H groups in total. The Hall–Kier alpha value is -3.48. The molecule has 1 aliphatic heterocycles. The van der Waals surface area contributed by atoms with Crippen molar-refractivity contribution in [1.82, 2.24) is 10.0 Å². The van der Waals surface area contributed by atoms with Crippen molar-refractivity contribution in [1.29, 1.82) is 0 Å². The van der Waals surface area contributed by atoms with Crippen LogP contribution >= 0.6 is 0 Å². The molecule has 0 aliphatic carbocycles. The van der Waals surface area contributed by atoms with E-state index in [1.54, 1.807) is 0 Å². The number of nitrogens with one attached hydrogen (secondary N) is 1. The molecule has 4 rings (SSSR count). The first-order chi connectivity index (χ1) is 18.4. The number of aromatic nitrogens is 1. The SMILES string of the molecule is C[C@@](CCn1cc(F)c2cc(-c3ccc(C=O)cc3F)ccc2c1=O)(C(=O)NOC1CCCCO1)S(C)(=O)=O. The Labute approximate surface area is 223 Å². The lowest BCUT2D eigenvalue weighted by molar-refractivity contribution is -0.201. The number of benzene rings is 2. The summed E-state index contributed by atoms with van der Waals surface area (Å²) in [4.78, 5) is 42.2. The summed E-state index contributed by atoms with van der Waals surface area (Å²) in [6.45, 7) is 1.39. The summed E-state index contributed by atoms with van der Waals surface area (Å²) in [6.07, 6.45) is 3.53. The molecule has 0 spiro atoms. The minimum atomic E-state index is -4.00. The summed E-state index contributed by atoms with van der Waals surface area (Å²) in [7, 11) is -4.00. The molecule has 2 aromatic carbocycles. The van der Waals surface area contributed by atoms with Crippen LogP contribution in [-0.4, -0.2) is 49.1 Å². The fourth-order valence-corrected chi connectivity index (χ4v) is 5.19. The van der Waals surface area contributed by atoms with E-state index in [1.165, 1.54) is 37.3 Å². The van der Waals surface area contributed by atoms with Crippen molar-refractivity contribution in [2.45, 2.75) is 50.2 Å². The highest BCUT2D eigenvalue weighted by Gasteiger charge is 2.44. The molecule has 1 fully saturated rings. The molecule has 39 heavy (non-hydrogen) atoms. The van der Waals surface area contributed by atoms with Crippen molar-refractivity contribution in [3.05, 3.63) is 70.1 Å². The molecular weight excluding hydrogens is 534 g/mol. The fraction of sp³-hybridized carbons (Fsp3) is 0.370. The first-order valence-electron chi connectivity index (χ1n) is 12.3. The van der Waals surface area contributed by atoms with Crippen molar-refractivity contribution in [3.8, 4) is 11.1 Å². The van der Waals surface area contributed by atoms with Crippen molar-refractivity contribution in [2.75, 3.05) is 12.9 Å². The second-order valence-corrected chi connectivity index (χ2v) is 12.1. The summed E-state index contributed by atoms with van der Waals surface area (Å²) in [5, 5.41) is -0.0657. The summed E-state index contributed by atoms with van der Waals surface area (Å²) in [5.41, 5.74) is 2.13. The minimum absolute atomic E-state index is 0.00744. The van der Waals surface area contributed by atoms with Gasteiger partial charge in [-0.1, -0.05) is 18.2 Å². The number of fused-ring (bicyclic) bond motifs is 1. The third-order valence-corrected chi connectivity index (χ3v) is 9.05. The number of carbonyl (C=O) groups excluding carboxylic acids is 2. The van der Waals surface area contributed by atoms with Crippen LogP contribution in [0.3, 0.4) is 0 Å². The lowest BCUT2D eigenvalue weighted by Crippen LogP contribution is -2.51. The lowest BCUT2D eigenvalue weighted by atomic mass is 10.00. The Morgan fingerprint density at radius 3 is 2.59 bits per heavy atom. The summed E-state index contributed by atoms with van der Waals surface area (Å²) in [5.74, 6) is -2.40. The van der Waals surface area contributed by atoms with E-state index in [1.807, 2.05) is 0 Å². The average molecular weight is 563 g/mol. The maximum atomic E-state index is 15.1. The highest BCUT2D eigenvalue weighted by atomic mass is 32.2. The van der Waals surface area contributed by atoms with E-state index in [0.717, 1.165) is 35.9 Å². The Bertz CT molecular complexity index is 1580. The number of hydrogen-bond donors (Lipinski definition) is 1. The molecule has 9 nitrogen and oxygen atoms in total. The molecule has 1 unspecified atom stereocenters. The van der Waals surface area contributed by atoms with Gasteiger partial charge >= 0.3 is 0 Å². The molecule has 3 aromatic rings. The predicted molar refractivity (Wildman–Crippen MR) is 140 cm³/mol. The molecule has 2 heterocycles. The first-order valence-corrected chi connectivity index (χ1v) is 14.2. The standard InChI is InChI=1S/C27H28F2N2O7S/c1-27(39(2,35)36,26(34)30-38-24-5-3-4-12-37-24)10-11-31-15-23(29)21-14-18(7-9-20(21)25(31)33)19-8-6-17(16-32)13-22(19)28/h6-9,13-16,24H,3-5,10-12H2,1-2H3,(H,30,34)/t24?,27-/m1/s1. The number of hydrogen-bond acceptors (Lipinski definition) is 7. The highest BCUT2D eigenvalue weighted by molar-refractivity contribution is 7.92. The Balaban J connectivity index is 1.59. The van der Waals surface area contributed by atoms with Crippen LogP contribution in [-0.2, 0) is 30.8 Å². The second kappa shape index (κ2) is 11.3. The van der Waals surface area contributed by atoms with Gasteiger partial charge in [0.15, 0.2) is 20.9 Å². The number of aldehydes is 1. The quantitative estimate of drug-likeness (QED) is 0.313. The number of amides is 1. The van der Waals surface area contributed by atoms with E-state index in [9.17, 15) is 27.2 Å². The van der Waals surface area contributed by atoms with E-state index in [0.29, 0.717) is 24.9 Å². The zero-order chi connectivity index (χ0) is 28.4. The fourth-order valence-electron chi connectivity index (χ4n) is 4.35. The molecule has 0 radical (unpaired) electrons. The molecule has 1 saturated heterocycles. The summed E-state index contributed by atoms with van der Waals surface area (Å²) in [6, 6.07) is 8.00. The van der Waals surface area contributed by atoms with E-state index in [4.69, 9.17) is 9.57 Å². The van der Waals surface area contributed by atoms with E-state index < -0.39 is 44.0 Å². The summed E-state index contributed by atoms with van der Waals surface area (Å²) < 4.78 is 59.2. The Kier molecular flexibility index (Phi) is 8.28. The van der Waals surface area contributed by atoms with E-state index in [2.05, 4.69) is 5.48 Å². The number of carbonyl (C=O) groups is 2. The molecule has 1 aromatic heterocycles. The Morgan fingerprint density at radius 2 is 1.95 bits per heavy atom. The van der Waals surface area contributed by atoms with E-state index in [-0.39, 0.29) is 34.9 Å². The molecule has 2 atom stereocenters. The number of ether oxygens (including phenoxy) is 1. The van der Waals surface area contributed by atoms with Crippen LogP contribution in [0.5, 0.6) is 0 Å². The second-order valence-electron chi connectivity index (χ2n) is 9.69. The number of nitrogens with zero attached hydrogens (tertiary/aromatic N) is 1. The molecule has 12 heteroatoms. The predicted octanol–water partition coefficient (Wildman–Crippen LogP) is 3.53. The number of halogens is 2. The van der Waals surface area contributed by atoms with Gasteiger partial charge in [-0.15, -0.1) is 0 Å². The van der Waals surface area contributed by atoms with Crippen LogP contribution in [0.15, 0.2) is 47.4 Å². The third-order valence-electron chi connectivity index (χ3n) is 7.03. The van der Waals surface area contributed by atoms with E-state index >= 15 is 4.39 Å². The zero-order valence-electron chi connectivity index (χ0n) is 21.4. The number of rotatable bonds is 9. The van der Waals surface area contributed by atoms with Crippen LogP contribution in [0.25, 0.3) is 21.9 Å². The molecule has 208 valence electrons. The van der Waals surface area contributed by atoms with Gasteiger partial charge in [-0.3, -0.25) is 14.4 Å². The maximum absolute atomic E-state index is 15.1. The maximum Gasteiger partial charge on any atom is 0.264 e. The van der Waals surface area contributed by atoms with Gasteiger partial charge in [-0.25, -0.2) is 27.5 Å². The van der Waals surface area contributed by atoms with Crippen LogP contribution < -0.4 is 11.0 Å². The Morgan fingerprint density at radius 1 is 1.18 bits per heavy atom. The van der Waals surface area contributed by atoms with Gasteiger partial charge < -0.3 is 9.30 Å². The van der Waals surface area contributed by atoms with Gasteiger partial charge in [-0.2, -0.15) is 0 Å². The largest absolute Gasteiger partial charge is 0.350 e. The van der Waals surface area contributed by atoms with Gasteiger partial charge in [-0.05, 0) is 49.9 Å². The number of aryl methyl sites for hydroxylation is 1. The van der Waals surface area contributed by atoms with Crippen molar-refractivity contribution in [3.63, 3.8) is 0 Å². The summed E-state index contributed by atoms with van der Waals surface area (Å²) >= 11 is 0. The monoisotopic (exact) mass is 562 g/mol. The van der Waals surface area contributed by atoms with Crippen molar-refractivity contribution >= 4 is 32.8 Å². The van der Waals surface area contributed by atoms with Gasteiger partial charge in [0.05, 0.1) is 5.39 Å². The van der Waals surface area contributed by atoms with Crippen molar-refractivity contribution < 1.29 is 36.4 Å². The molecule has 0 bridgehead atoms. The van der Waals surface area contributed by atoms with Gasteiger partial charge in [0, 0.05) is 48.5 Å². The third kappa shape index (κ3) is 5.92. The number of sulfone groups is 1. The molecule has 1 amide bonds. The van der Waals surface area contributed by atoms with Crippen molar-refractivity contribution in [2.24, 2.45) is 0 Å².